The highest BCUT2D eigenvalue weighted by Crippen LogP contribution is 2.29. The Kier molecular flexibility index (Phi) is 8.50. The summed E-state index contributed by atoms with van der Waals surface area (Å²) in [7, 11) is 0.570. The van der Waals surface area contributed by atoms with Crippen molar-refractivity contribution in [3.8, 4) is 17.2 Å². The summed E-state index contributed by atoms with van der Waals surface area (Å²) in [6, 6.07) is 20.5. The van der Waals surface area contributed by atoms with Crippen molar-refractivity contribution in [1.29, 1.82) is 0 Å². The topological polar surface area (TPSA) is 94.2 Å². The summed E-state index contributed by atoms with van der Waals surface area (Å²) in [6.45, 7) is -0.234. The molecule has 0 saturated heterocycles. The van der Waals surface area contributed by atoms with E-state index in [1.165, 1.54) is 37.8 Å². The number of nitrogens with zero attached hydrogens (tertiary/aromatic N) is 1. The third-order valence-corrected chi connectivity index (χ3v) is 7.05. The van der Waals surface area contributed by atoms with Crippen molar-refractivity contribution in [1.82, 2.24) is 4.31 Å². The summed E-state index contributed by atoms with van der Waals surface area (Å²) in [5.74, 6) is 1.02. The van der Waals surface area contributed by atoms with Gasteiger partial charge in [0.1, 0.15) is 17.2 Å². The molecule has 8 nitrogen and oxygen atoms in total. The number of carbonyl (C=O) groups excluding carboxylic acids is 1. The molecular formula is C25H28N2O6S. The van der Waals surface area contributed by atoms with E-state index in [4.69, 9.17) is 14.2 Å². The van der Waals surface area contributed by atoms with Crippen molar-refractivity contribution in [3.63, 3.8) is 0 Å². The normalized spacial score (nSPS) is 11.2. The van der Waals surface area contributed by atoms with Crippen LogP contribution < -0.4 is 19.5 Å². The molecule has 0 bridgehead atoms. The highest BCUT2D eigenvalue weighted by atomic mass is 32.2. The maximum Gasteiger partial charge on any atom is 0.243 e. The fourth-order valence-corrected chi connectivity index (χ4v) is 4.73. The van der Waals surface area contributed by atoms with E-state index < -0.39 is 15.9 Å². The molecule has 34 heavy (non-hydrogen) atoms. The van der Waals surface area contributed by atoms with Crippen LogP contribution in [0.2, 0.25) is 0 Å². The molecule has 1 N–H and O–H groups in total. The zero-order chi connectivity index (χ0) is 24.6. The molecule has 3 rings (SSSR count). The first kappa shape index (κ1) is 25.1. The fourth-order valence-electron chi connectivity index (χ4n) is 3.33. The third-order valence-electron chi connectivity index (χ3n) is 5.19. The number of ether oxygens (including phenoxy) is 3. The average molecular weight is 485 g/mol. The van der Waals surface area contributed by atoms with Gasteiger partial charge in [0.05, 0.1) is 38.5 Å². The van der Waals surface area contributed by atoms with E-state index in [9.17, 15) is 13.2 Å². The SMILES string of the molecule is COc1ccc(S(=O)(=O)N(CCc2ccccc2)CC(=O)Nc2ccc(OC)cc2OC)cc1. The molecule has 0 aliphatic rings. The molecule has 0 fully saturated rings. The summed E-state index contributed by atoms with van der Waals surface area (Å²) in [5.41, 5.74) is 1.38. The van der Waals surface area contributed by atoms with Gasteiger partial charge < -0.3 is 19.5 Å². The van der Waals surface area contributed by atoms with Crippen LogP contribution in [-0.4, -0.2) is 53.0 Å². The maximum absolute atomic E-state index is 13.4. The summed E-state index contributed by atoms with van der Waals surface area (Å²) < 4.78 is 43.6. The van der Waals surface area contributed by atoms with Crippen molar-refractivity contribution < 1.29 is 27.4 Å². The molecule has 0 spiro atoms. The molecule has 0 aromatic heterocycles. The number of hydrogen-bond acceptors (Lipinski definition) is 6. The van der Waals surface area contributed by atoms with Crippen molar-refractivity contribution in [2.45, 2.75) is 11.3 Å². The number of sulfonamides is 1. The lowest BCUT2D eigenvalue weighted by molar-refractivity contribution is -0.116. The van der Waals surface area contributed by atoms with Gasteiger partial charge >= 0.3 is 0 Å². The van der Waals surface area contributed by atoms with E-state index in [-0.39, 0.29) is 18.0 Å². The van der Waals surface area contributed by atoms with Gasteiger partial charge in [0.15, 0.2) is 0 Å². The van der Waals surface area contributed by atoms with Crippen molar-refractivity contribution >= 4 is 21.6 Å². The number of amides is 1. The Balaban J connectivity index is 1.83. The molecule has 180 valence electrons. The smallest absolute Gasteiger partial charge is 0.243 e. The van der Waals surface area contributed by atoms with Crippen LogP contribution in [0.5, 0.6) is 17.2 Å². The van der Waals surface area contributed by atoms with Gasteiger partial charge in [-0.2, -0.15) is 4.31 Å². The van der Waals surface area contributed by atoms with Crippen LogP contribution >= 0.6 is 0 Å². The molecule has 3 aromatic rings. The molecule has 0 radical (unpaired) electrons. The maximum atomic E-state index is 13.4. The van der Waals surface area contributed by atoms with Crippen LogP contribution in [0, 0.1) is 0 Å². The minimum atomic E-state index is -3.94. The number of benzene rings is 3. The van der Waals surface area contributed by atoms with Crippen LogP contribution in [0.25, 0.3) is 0 Å². The van der Waals surface area contributed by atoms with Gasteiger partial charge in [-0.1, -0.05) is 30.3 Å². The van der Waals surface area contributed by atoms with E-state index in [0.29, 0.717) is 29.4 Å². The van der Waals surface area contributed by atoms with Crippen LogP contribution in [0.3, 0.4) is 0 Å². The molecule has 0 aliphatic carbocycles. The van der Waals surface area contributed by atoms with E-state index in [1.54, 1.807) is 30.3 Å². The molecule has 1 amide bonds. The van der Waals surface area contributed by atoms with Gasteiger partial charge in [0, 0.05) is 12.6 Å². The Bertz CT molecular complexity index is 1200. The molecule has 0 aliphatic heterocycles. The number of rotatable bonds is 11. The molecule has 3 aromatic carbocycles. The minimum Gasteiger partial charge on any atom is -0.497 e. The molecule has 0 unspecified atom stereocenters. The monoisotopic (exact) mass is 484 g/mol. The summed E-state index contributed by atoms with van der Waals surface area (Å²) in [4.78, 5) is 13.0. The summed E-state index contributed by atoms with van der Waals surface area (Å²) in [6.07, 6.45) is 0.454. The minimum absolute atomic E-state index is 0.0798. The van der Waals surface area contributed by atoms with Gasteiger partial charge in [0.25, 0.3) is 0 Å². The van der Waals surface area contributed by atoms with Gasteiger partial charge in [-0.05, 0) is 48.4 Å². The first-order valence-corrected chi connectivity index (χ1v) is 12.0. The van der Waals surface area contributed by atoms with Crippen LogP contribution in [-0.2, 0) is 21.2 Å². The quantitative estimate of drug-likeness (QED) is 0.447. The van der Waals surface area contributed by atoms with Crippen LogP contribution in [0.1, 0.15) is 5.56 Å². The van der Waals surface area contributed by atoms with Gasteiger partial charge in [0.2, 0.25) is 15.9 Å². The Hall–Kier alpha value is -3.56. The zero-order valence-corrected chi connectivity index (χ0v) is 20.2. The predicted molar refractivity (Wildman–Crippen MR) is 130 cm³/mol. The highest BCUT2D eigenvalue weighted by molar-refractivity contribution is 7.89. The third kappa shape index (κ3) is 6.27. The van der Waals surface area contributed by atoms with E-state index in [2.05, 4.69) is 5.32 Å². The Labute approximate surface area is 200 Å². The Morgan fingerprint density at radius 2 is 1.50 bits per heavy atom. The Morgan fingerprint density at radius 1 is 0.853 bits per heavy atom. The number of methoxy groups -OCH3 is 3. The van der Waals surface area contributed by atoms with E-state index >= 15 is 0 Å². The second-order valence-electron chi connectivity index (χ2n) is 7.36. The van der Waals surface area contributed by atoms with Crippen molar-refractivity contribution in [2.75, 3.05) is 39.7 Å². The number of hydrogen-bond donors (Lipinski definition) is 1. The fraction of sp³-hybridized carbons (Fsp3) is 0.240. The van der Waals surface area contributed by atoms with Crippen LogP contribution in [0.4, 0.5) is 5.69 Å². The molecule has 0 heterocycles. The molecule has 9 heteroatoms. The lowest BCUT2D eigenvalue weighted by Crippen LogP contribution is -2.39. The number of anilines is 1. The lowest BCUT2D eigenvalue weighted by atomic mass is 10.1. The van der Waals surface area contributed by atoms with Gasteiger partial charge in [-0.15, -0.1) is 0 Å². The summed E-state index contributed by atoms with van der Waals surface area (Å²) >= 11 is 0. The largest absolute Gasteiger partial charge is 0.497 e. The summed E-state index contributed by atoms with van der Waals surface area (Å²) in [5, 5.41) is 2.74. The van der Waals surface area contributed by atoms with Crippen molar-refractivity contribution in [3.05, 3.63) is 78.4 Å². The molecular weight excluding hydrogens is 456 g/mol. The molecule has 0 atom stereocenters. The number of carbonyl (C=O) groups is 1. The first-order valence-electron chi connectivity index (χ1n) is 10.6. The first-order chi connectivity index (χ1) is 16.4. The second kappa shape index (κ2) is 11.5. The predicted octanol–water partition coefficient (Wildman–Crippen LogP) is 3.58. The van der Waals surface area contributed by atoms with Crippen molar-refractivity contribution in [2.24, 2.45) is 0 Å². The highest BCUT2D eigenvalue weighted by Gasteiger charge is 2.27. The standard InChI is InChI=1S/C25H28N2O6S/c1-31-20-9-12-22(13-10-20)34(29,30)27(16-15-19-7-5-4-6-8-19)18-25(28)26-23-14-11-21(32-2)17-24(23)33-3/h4-14,17H,15-16,18H2,1-3H3,(H,26,28). The molecule has 0 saturated carbocycles. The zero-order valence-electron chi connectivity index (χ0n) is 19.4. The average Bonchev–Trinajstić information content (AvgIpc) is 2.87. The van der Waals surface area contributed by atoms with Gasteiger partial charge in [-0.25, -0.2) is 8.42 Å². The van der Waals surface area contributed by atoms with E-state index in [0.717, 1.165) is 5.56 Å². The second-order valence-corrected chi connectivity index (χ2v) is 9.30. The van der Waals surface area contributed by atoms with Gasteiger partial charge in [-0.3, -0.25) is 4.79 Å². The van der Waals surface area contributed by atoms with Crippen LogP contribution in [0.15, 0.2) is 77.7 Å². The number of nitrogens with one attached hydrogen (secondary N) is 1. The Morgan fingerprint density at radius 3 is 2.12 bits per heavy atom. The van der Waals surface area contributed by atoms with E-state index in [1.807, 2.05) is 30.3 Å². The lowest BCUT2D eigenvalue weighted by Gasteiger charge is -2.22.